The van der Waals surface area contributed by atoms with E-state index in [0.29, 0.717) is 0 Å². The molecule has 350 valence electrons. The normalized spacial score (nSPS) is 12.9. The first-order chi connectivity index (χ1) is 38.2. The first-order valence-electron chi connectivity index (χ1n) is 26.8. The molecule has 0 atom stereocenters. The predicted octanol–water partition coefficient (Wildman–Crippen LogP) is 16.4. The van der Waals surface area contributed by atoms with Crippen molar-refractivity contribution in [3.63, 3.8) is 0 Å². The summed E-state index contributed by atoms with van der Waals surface area (Å²) < 4.78 is 5.27. The summed E-state index contributed by atoms with van der Waals surface area (Å²) in [7, 11) is 0. The lowest BCUT2D eigenvalue weighted by Gasteiger charge is -2.34. The van der Waals surface area contributed by atoms with E-state index in [4.69, 9.17) is 9.97 Å². The Morgan fingerprint density at radius 3 is 1.10 bits per heavy atom. The average molecular weight is 971 g/mol. The molecule has 0 fully saturated rings. The molecule has 2 aliphatic rings. The first-order valence-corrected chi connectivity index (χ1v) is 26.8. The highest BCUT2D eigenvalue weighted by molar-refractivity contribution is 7.01. The number of nitrogens with zero attached hydrogens (tertiary/aromatic N) is 4. The molecule has 0 unspecified atom stereocenters. The van der Waals surface area contributed by atoms with Crippen LogP contribution in [-0.2, 0) is 0 Å². The van der Waals surface area contributed by atoms with E-state index in [1.54, 1.807) is 0 Å². The summed E-state index contributed by atoms with van der Waals surface area (Å²) in [5, 5.41) is 22.8. The summed E-state index contributed by atoms with van der Waals surface area (Å²) in [6.45, 7) is -0.0867. The smallest absolute Gasteiger partial charge is 0.252 e. The van der Waals surface area contributed by atoms with Crippen LogP contribution in [0.5, 0.6) is 0 Å². The number of hydrogen-bond donors (Lipinski definition) is 0. The Balaban J connectivity index is 1.03. The van der Waals surface area contributed by atoms with Gasteiger partial charge < -0.3 is 9.13 Å². The third-order valence-corrected chi connectivity index (χ3v) is 17.9. The van der Waals surface area contributed by atoms with E-state index in [0.717, 1.165) is 21.8 Å². The Morgan fingerprint density at radius 1 is 0.286 bits per heavy atom. The molecule has 0 bridgehead atoms. The standard InChI is InChI=1S/C72H39BN4/c1-3-18-48-44(14-1)46-16-5-7-22-52(46)66-54(48)38-58-71-68(66)56-36-40(42-32-34-74-60-24-11-9-20-50(42)60)28-30-62(56)76(71)64-26-13-27-65-70(64)73(58)59-39-55-49-19-4-2-15-45(49)47-17-6-8-23-53(47)67(55)69-57-37-41(29-31-63(57)77(65)72(59)69)43-33-35-75-61-25-12-10-21-51(43)61/h1-39H. The fraction of sp³-hybridized carbons (Fsp3) is 0. The van der Waals surface area contributed by atoms with E-state index in [2.05, 4.69) is 234 Å². The molecule has 19 rings (SSSR count). The zero-order valence-electron chi connectivity index (χ0n) is 41.4. The number of pyridine rings is 2. The van der Waals surface area contributed by atoms with Crippen LogP contribution in [0.3, 0.4) is 0 Å². The second-order valence-electron chi connectivity index (χ2n) is 21.4. The fourth-order valence-corrected chi connectivity index (χ4v) is 14.9. The molecular formula is C72H39BN4. The molecule has 4 nitrogen and oxygen atoms in total. The molecule has 0 radical (unpaired) electrons. The SMILES string of the molecule is c1cc2c3c(c1)-n1c4ccc(-c5ccnc6ccccc56)cc4c4c5c6ccccc6c6ccccc6c5cc(c41)B3c1cc3c4ccccc4c4ccccc4c3c3c4cc(-c5ccnc6ccccc56)ccc4n-2c13. The van der Waals surface area contributed by atoms with Crippen LogP contribution >= 0.6 is 0 Å². The van der Waals surface area contributed by atoms with Gasteiger partial charge in [0.05, 0.1) is 33.1 Å². The highest BCUT2D eigenvalue weighted by Crippen LogP contribution is 2.49. The molecule has 0 aliphatic carbocycles. The van der Waals surface area contributed by atoms with Gasteiger partial charge in [-0.2, -0.15) is 0 Å². The molecule has 0 saturated heterocycles. The Kier molecular flexibility index (Phi) is 7.53. The van der Waals surface area contributed by atoms with Crippen LogP contribution < -0.4 is 16.4 Å². The van der Waals surface area contributed by atoms with Crippen LogP contribution in [0, 0.1) is 0 Å². The van der Waals surface area contributed by atoms with E-state index in [1.165, 1.54) is 158 Å². The minimum Gasteiger partial charge on any atom is -0.310 e. The van der Waals surface area contributed by atoms with Crippen LogP contribution in [0.1, 0.15) is 0 Å². The van der Waals surface area contributed by atoms with E-state index in [-0.39, 0.29) is 6.71 Å². The second kappa shape index (κ2) is 14.4. The van der Waals surface area contributed by atoms with Crippen molar-refractivity contribution in [2.45, 2.75) is 0 Å². The van der Waals surface area contributed by atoms with Gasteiger partial charge in [0.25, 0.3) is 6.71 Å². The molecule has 4 aromatic heterocycles. The van der Waals surface area contributed by atoms with Crippen LogP contribution in [0.4, 0.5) is 0 Å². The van der Waals surface area contributed by atoms with E-state index >= 15 is 0 Å². The summed E-state index contributed by atoms with van der Waals surface area (Å²) >= 11 is 0. The number of rotatable bonds is 2. The maximum atomic E-state index is 4.80. The molecule has 13 aromatic carbocycles. The quantitative estimate of drug-likeness (QED) is 0.128. The zero-order valence-corrected chi connectivity index (χ0v) is 41.4. The van der Waals surface area contributed by atoms with Gasteiger partial charge in [0.1, 0.15) is 0 Å². The summed E-state index contributed by atoms with van der Waals surface area (Å²) in [5.41, 5.74) is 18.2. The van der Waals surface area contributed by atoms with Gasteiger partial charge in [-0.15, -0.1) is 0 Å². The maximum Gasteiger partial charge on any atom is 0.252 e. The average Bonchev–Trinajstić information content (AvgIpc) is 4.00. The van der Waals surface area contributed by atoms with Crippen molar-refractivity contribution in [3.05, 3.63) is 237 Å². The molecule has 0 amide bonds. The van der Waals surface area contributed by atoms with Gasteiger partial charge in [-0.25, -0.2) is 0 Å². The van der Waals surface area contributed by atoms with Crippen LogP contribution in [0.15, 0.2) is 237 Å². The Morgan fingerprint density at radius 2 is 0.662 bits per heavy atom. The molecule has 17 aromatic rings. The van der Waals surface area contributed by atoms with E-state index < -0.39 is 0 Å². The van der Waals surface area contributed by atoms with E-state index in [1.807, 2.05) is 12.4 Å². The minimum atomic E-state index is -0.0867. The summed E-state index contributed by atoms with van der Waals surface area (Å²) in [4.78, 5) is 9.59. The number of aromatic nitrogens is 4. The highest BCUT2D eigenvalue weighted by Gasteiger charge is 2.42. The first kappa shape index (κ1) is 40.3. The summed E-state index contributed by atoms with van der Waals surface area (Å²) in [6, 6.07) is 84.6. The second-order valence-corrected chi connectivity index (χ2v) is 21.4. The van der Waals surface area contributed by atoms with Gasteiger partial charge in [0.2, 0.25) is 0 Å². The third kappa shape index (κ3) is 5.00. The van der Waals surface area contributed by atoms with Crippen molar-refractivity contribution in [2.24, 2.45) is 0 Å². The number of para-hydroxylation sites is 2. The van der Waals surface area contributed by atoms with Gasteiger partial charge in [-0.05, 0) is 153 Å². The molecular weight excluding hydrogens is 932 g/mol. The van der Waals surface area contributed by atoms with Gasteiger partial charge in [-0.1, -0.05) is 164 Å². The number of fused-ring (bicyclic) bond motifs is 26. The highest BCUT2D eigenvalue weighted by atomic mass is 15.0. The lowest BCUT2D eigenvalue weighted by Crippen LogP contribution is -2.59. The maximum absolute atomic E-state index is 4.80. The Bertz CT molecular complexity index is 5250. The summed E-state index contributed by atoms with van der Waals surface area (Å²) in [5.74, 6) is 0. The van der Waals surface area contributed by atoms with Crippen molar-refractivity contribution < 1.29 is 0 Å². The van der Waals surface area contributed by atoms with Crippen molar-refractivity contribution in [2.75, 3.05) is 0 Å². The zero-order chi connectivity index (χ0) is 49.8. The van der Waals surface area contributed by atoms with Gasteiger partial charge in [-0.3, -0.25) is 9.97 Å². The Labute approximate surface area is 440 Å². The lowest BCUT2D eigenvalue weighted by atomic mass is 9.34. The Hall–Kier alpha value is -10.1. The van der Waals surface area contributed by atoms with Crippen molar-refractivity contribution in [3.8, 4) is 33.6 Å². The third-order valence-electron chi connectivity index (χ3n) is 17.9. The number of hydrogen-bond acceptors (Lipinski definition) is 2. The molecule has 6 heterocycles. The van der Waals surface area contributed by atoms with Crippen molar-refractivity contribution in [1.29, 1.82) is 0 Å². The fourth-order valence-electron chi connectivity index (χ4n) is 14.9. The monoisotopic (exact) mass is 970 g/mol. The van der Waals surface area contributed by atoms with Crippen LogP contribution in [0.25, 0.3) is 164 Å². The molecule has 5 heteroatoms. The van der Waals surface area contributed by atoms with Crippen molar-refractivity contribution >= 4 is 153 Å². The van der Waals surface area contributed by atoms with Gasteiger partial charge >= 0.3 is 0 Å². The van der Waals surface area contributed by atoms with Crippen LogP contribution in [-0.4, -0.2) is 25.8 Å². The molecule has 0 spiro atoms. The minimum absolute atomic E-state index is 0.0867. The van der Waals surface area contributed by atoms with Gasteiger partial charge in [0.15, 0.2) is 0 Å². The lowest BCUT2D eigenvalue weighted by molar-refractivity contribution is 1.14. The van der Waals surface area contributed by atoms with E-state index in [9.17, 15) is 0 Å². The topological polar surface area (TPSA) is 35.6 Å². The largest absolute Gasteiger partial charge is 0.310 e. The number of benzene rings is 13. The molecule has 2 aliphatic heterocycles. The van der Waals surface area contributed by atoms with Gasteiger partial charge in [0, 0.05) is 66.9 Å². The molecule has 77 heavy (non-hydrogen) atoms. The molecule has 0 N–H and O–H groups in total. The molecule has 0 saturated carbocycles. The predicted molar refractivity (Wildman–Crippen MR) is 326 cm³/mol. The summed E-state index contributed by atoms with van der Waals surface area (Å²) in [6.07, 6.45) is 3.92. The van der Waals surface area contributed by atoms with Crippen LogP contribution in [0.2, 0.25) is 0 Å². The van der Waals surface area contributed by atoms with Crippen molar-refractivity contribution in [1.82, 2.24) is 19.1 Å².